The second-order valence-corrected chi connectivity index (χ2v) is 9.00. The molecule has 0 amide bonds. The summed E-state index contributed by atoms with van der Waals surface area (Å²) in [6, 6.07) is 59.5. The van der Waals surface area contributed by atoms with Crippen molar-refractivity contribution in [2.24, 2.45) is 0 Å². The van der Waals surface area contributed by atoms with Gasteiger partial charge in [-0.25, -0.2) is 0 Å². The molecule has 0 bridgehead atoms. The SMILES string of the molecule is c1ccc(-c2cccc(-c3ccccc3)c2)cc1.c1ccc(Cc2ccccc2-c2ccccc2)cc1. The summed E-state index contributed by atoms with van der Waals surface area (Å²) in [6.07, 6.45) is 0.978. The summed E-state index contributed by atoms with van der Waals surface area (Å²) < 4.78 is 0. The first-order chi connectivity index (χ1) is 18.4. The van der Waals surface area contributed by atoms with Gasteiger partial charge in [0, 0.05) is 0 Å². The third-order valence-corrected chi connectivity index (χ3v) is 6.42. The second kappa shape index (κ2) is 12.3. The van der Waals surface area contributed by atoms with Gasteiger partial charge in [0.25, 0.3) is 0 Å². The van der Waals surface area contributed by atoms with Crippen molar-refractivity contribution in [1.29, 1.82) is 0 Å². The summed E-state index contributed by atoms with van der Waals surface area (Å²) in [7, 11) is 0. The summed E-state index contributed by atoms with van der Waals surface area (Å²) in [5.41, 5.74) is 10.4. The average Bonchev–Trinajstić information content (AvgIpc) is 3.00. The molecule has 0 radical (unpaired) electrons. The van der Waals surface area contributed by atoms with E-state index >= 15 is 0 Å². The van der Waals surface area contributed by atoms with E-state index in [1.807, 2.05) is 12.1 Å². The van der Waals surface area contributed by atoms with Crippen molar-refractivity contribution in [2.75, 3.05) is 0 Å². The highest BCUT2D eigenvalue weighted by Crippen LogP contribution is 2.26. The van der Waals surface area contributed by atoms with Crippen LogP contribution in [0.15, 0.2) is 170 Å². The molecule has 0 aliphatic heterocycles. The normalized spacial score (nSPS) is 10.3. The Kier molecular flexibility index (Phi) is 8.01. The molecule has 0 N–H and O–H groups in total. The van der Waals surface area contributed by atoms with Crippen LogP contribution < -0.4 is 0 Å². The molecule has 0 unspecified atom stereocenters. The molecule has 0 saturated heterocycles. The van der Waals surface area contributed by atoms with Crippen molar-refractivity contribution in [3.8, 4) is 33.4 Å². The Hall–Kier alpha value is -4.68. The van der Waals surface area contributed by atoms with E-state index in [0.717, 1.165) is 6.42 Å². The molecule has 178 valence electrons. The van der Waals surface area contributed by atoms with Gasteiger partial charge in [0.2, 0.25) is 0 Å². The first kappa shape index (κ1) is 24.0. The van der Waals surface area contributed by atoms with Crippen LogP contribution >= 0.6 is 0 Å². The molecule has 6 rings (SSSR count). The maximum Gasteiger partial charge on any atom is -0.00196 e. The lowest BCUT2D eigenvalue weighted by Crippen LogP contribution is -1.91. The van der Waals surface area contributed by atoms with E-state index in [1.54, 1.807) is 0 Å². The Labute approximate surface area is 220 Å². The maximum atomic E-state index is 2.24. The summed E-state index contributed by atoms with van der Waals surface area (Å²) in [4.78, 5) is 0. The van der Waals surface area contributed by atoms with Crippen LogP contribution in [0, 0.1) is 0 Å². The van der Waals surface area contributed by atoms with Crippen molar-refractivity contribution in [1.82, 2.24) is 0 Å². The van der Waals surface area contributed by atoms with Crippen LogP contribution in [0.25, 0.3) is 33.4 Å². The molecule has 0 aromatic heterocycles. The highest BCUT2D eigenvalue weighted by atomic mass is 14.1. The number of rotatable bonds is 5. The summed E-state index contributed by atoms with van der Waals surface area (Å²) >= 11 is 0. The molecule has 0 spiro atoms. The standard InChI is InChI=1S/C19H16.C18H14/c1-3-9-16(10-4-1)15-18-13-7-8-14-19(18)17-11-5-2-6-12-17;1-3-8-15(9-4-1)17-12-7-13-18(14-17)16-10-5-2-6-11-16/h1-14H,15H2;1-14H. The molecule has 37 heavy (non-hydrogen) atoms. The van der Waals surface area contributed by atoms with Gasteiger partial charge in [-0.3, -0.25) is 0 Å². The number of benzene rings is 6. The zero-order valence-corrected chi connectivity index (χ0v) is 20.9. The van der Waals surface area contributed by atoms with Gasteiger partial charge in [0.1, 0.15) is 0 Å². The van der Waals surface area contributed by atoms with E-state index in [9.17, 15) is 0 Å². The fraction of sp³-hybridized carbons (Fsp3) is 0.0270. The first-order valence-corrected chi connectivity index (χ1v) is 12.7. The number of hydrogen-bond donors (Lipinski definition) is 0. The fourth-order valence-corrected chi connectivity index (χ4v) is 4.53. The maximum absolute atomic E-state index is 2.24. The quantitative estimate of drug-likeness (QED) is 0.233. The van der Waals surface area contributed by atoms with Crippen LogP contribution in [-0.2, 0) is 6.42 Å². The molecule has 0 fully saturated rings. The molecule has 0 aliphatic carbocycles. The molecule has 6 aromatic carbocycles. The highest BCUT2D eigenvalue weighted by molar-refractivity contribution is 5.73. The minimum Gasteiger partial charge on any atom is -0.0622 e. The van der Waals surface area contributed by atoms with Gasteiger partial charge >= 0.3 is 0 Å². The highest BCUT2D eigenvalue weighted by Gasteiger charge is 2.04. The molecule has 0 saturated carbocycles. The fourth-order valence-electron chi connectivity index (χ4n) is 4.53. The zero-order chi connectivity index (χ0) is 25.1. The van der Waals surface area contributed by atoms with E-state index in [-0.39, 0.29) is 0 Å². The third-order valence-electron chi connectivity index (χ3n) is 6.42. The van der Waals surface area contributed by atoms with E-state index in [1.165, 1.54) is 44.5 Å². The topological polar surface area (TPSA) is 0 Å². The molecule has 6 aromatic rings. The summed E-state index contributed by atoms with van der Waals surface area (Å²) in [6.45, 7) is 0. The molecular formula is C37H30. The van der Waals surface area contributed by atoms with E-state index in [0.29, 0.717) is 0 Å². The first-order valence-electron chi connectivity index (χ1n) is 12.7. The van der Waals surface area contributed by atoms with Crippen molar-refractivity contribution < 1.29 is 0 Å². The van der Waals surface area contributed by atoms with Gasteiger partial charge in [-0.1, -0.05) is 164 Å². The average molecular weight is 475 g/mol. The van der Waals surface area contributed by atoms with Crippen molar-refractivity contribution >= 4 is 0 Å². The second-order valence-electron chi connectivity index (χ2n) is 9.00. The van der Waals surface area contributed by atoms with Crippen LogP contribution in [-0.4, -0.2) is 0 Å². The van der Waals surface area contributed by atoms with Crippen LogP contribution in [0.2, 0.25) is 0 Å². The lowest BCUT2D eigenvalue weighted by atomic mass is 9.95. The van der Waals surface area contributed by atoms with Crippen LogP contribution in [0.5, 0.6) is 0 Å². The monoisotopic (exact) mass is 474 g/mol. The molecule has 0 atom stereocenters. The lowest BCUT2D eigenvalue weighted by molar-refractivity contribution is 1.19. The predicted octanol–water partition coefficient (Wildman–Crippen LogP) is 9.96. The molecule has 0 aliphatic rings. The Morgan fingerprint density at radius 2 is 0.703 bits per heavy atom. The molecule has 0 nitrogen and oxygen atoms in total. The third kappa shape index (κ3) is 6.51. The predicted molar refractivity (Wildman–Crippen MR) is 158 cm³/mol. The lowest BCUT2D eigenvalue weighted by Gasteiger charge is -2.09. The van der Waals surface area contributed by atoms with Crippen LogP contribution in [0.3, 0.4) is 0 Å². The van der Waals surface area contributed by atoms with E-state index in [2.05, 4.69) is 158 Å². The van der Waals surface area contributed by atoms with Gasteiger partial charge < -0.3 is 0 Å². The minimum atomic E-state index is 0.978. The zero-order valence-electron chi connectivity index (χ0n) is 20.9. The Morgan fingerprint density at radius 3 is 1.24 bits per heavy atom. The van der Waals surface area contributed by atoms with E-state index in [4.69, 9.17) is 0 Å². The van der Waals surface area contributed by atoms with Gasteiger partial charge in [-0.05, 0) is 57.0 Å². The van der Waals surface area contributed by atoms with Gasteiger partial charge in [0.15, 0.2) is 0 Å². The Bertz CT molecular complexity index is 1450. The minimum absolute atomic E-state index is 0.978. The van der Waals surface area contributed by atoms with Gasteiger partial charge in [0.05, 0.1) is 0 Å². The molecule has 0 heterocycles. The van der Waals surface area contributed by atoms with Crippen molar-refractivity contribution in [2.45, 2.75) is 6.42 Å². The van der Waals surface area contributed by atoms with E-state index < -0.39 is 0 Å². The summed E-state index contributed by atoms with van der Waals surface area (Å²) in [5, 5.41) is 0. The molecule has 0 heteroatoms. The smallest absolute Gasteiger partial charge is 0.00196 e. The number of hydrogen-bond acceptors (Lipinski definition) is 0. The Balaban J connectivity index is 0.000000152. The van der Waals surface area contributed by atoms with Crippen LogP contribution in [0.1, 0.15) is 11.1 Å². The Morgan fingerprint density at radius 1 is 0.297 bits per heavy atom. The van der Waals surface area contributed by atoms with Gasteiger partial charge in [-0.2, -0.15) is 0 Å². The largest absolute Gasteiger partial charge is 0.0622 e. The summed E-state index contributed by atoms with van der Waals surface area (Å²) in [5.74, 6) is 0. The van der Waals surface area contributed by atoms with Crippen molar-refractivity contribution in [3.63, 3.8) is 0 Å². The van der Waals surface area contributed by atoms with Crippen molar-refractivity contribution in [3.05, 3.63) is 181 Å². The van der Waals surface area contributed by atoms with Crippen LogP contribution in [0.4, 0.5) is 0 Å². The molecular weight excluding hydrogens is 444 g/mol. The van der Waals surface area contributed by atoms with Gasteiger partial charge in [-0.15, -0.1) is 0 Å².